The van der Waals surface area contributed by atoms with Gasteiger partial charge in [-0.2, -0.15) is 0 Å². The lowest BCUT2D eigenvalue weighted by Gasteiger charge is -2.00. The normalized spacial score (nSPS) is 11.3. The van der Waals surface area contributed by atoms with Gasteiger partial charge in [-0.1, -0.05) is 39.4 Å². The molecule has 0 radical (unpaired) electrons. The number of halogens is 1. The first-order chi connectivity index (χ1) is 11.3. The molecule has 0 aliphatic rings. The summed E-state index contributed by atoms with van der Waals surface area (Å²) < 4.78 is 8.38. The molecule has 4 aromatic rings. The van der Waals surface area contributed by atoms with Gasteiger partial charge in [0.25, 0.3) is 0 Å². The predicted molar refractivity (Wildman–Crippen MR) is 93.3 cm³/mol. The summed E-state index contributed by atoms with van der Waals surface area (Å²) in [7, 11) is 0. The second-order valence-electron chi connectivity index (χ2n) is 5.07. The highest BCUT2D eigenvalue weighted by molar-refractivity contribution is 9.10. The summed E-state index contributed by atoms with van der Waals surface area (Å²) in [5, 5.41) is 11.9. The van der Waals surface area contributed by atoms with E-state index in [0.717, 1.165) is 33.1 Å². The van der Waals surface area contributed by atoms with Crippen LogP contribution in [0.25, 0.3) is 16.3 Å². The Morgan fingerprint density at radius 3 is 2.96 bits per heavy atom. The lowest BCUT2D eigenvalue weighted by Crippen LogP contribution is -2.11. The van der Waals surface area contributed by atoms with E-state index in [0.29, 0.717) is 6.54 Å². The van der Waals surface area contributed by atoms with Crippen molar-refractivity contribution in [2.45, 2.75) is 13.1 Å². The van der Waals surface area contributed by atoms with Crippen molar-refractivity contribution in [3.8, 4) is 11.4 Å². The molecule has 7 heteroatoms. The van der Waals surface area contributed by atoms with Gasteiger partial charge in [-0.15, -0.1) is 10.2 Å². The maximum Gasteiger partial charge on any atom is 0.216 e. The van der Waals surface area contributed by atoms with Crippen LogP contribution in [0.5, 0.6) is 0 Å². The number of hydrogen-bond acceptors (Lipinski definition) is 5. The number of benzene rings is 1. The first-order valence-corrected chi connectivity index (χ1v) is 8.73. The number of thiazole rings is 1. The second-order valence-corrected chi connectivity index (χ2v) is 7.08. The standard InChI is InChI=1S/C16H13BrN4OS/c17-12-4-1-3-11(7-12)15-19-20-16-21(15)10-14(23-16)9-18-8-13-5-2-6-22-13/h1-7,10,18H,8-9H2. The topological polar surface area (TPSA) is 55.4 Å². The molecule has 0 aliphatic heterocycles. The summed E-state index contributed by atoms with van der Waals surface area (Å²) >= 11 is 5.13. The Balaban J connectivity index is 1.54. The summed E-state index contributed by atoms with van der Waals surface area (Å²) in [6.07, 6.45) is 3.78. The van der Waals surface area contributed by atoms with Crippen LogP contribution < -0.4 is 5.32 Å². The highest BCUT2D eigenvalue weighted by Gasteiger charge is 2.11. The van der Waals surface area contributed by atoms with Gasteiger partial charge in [-0.25, -0.2) is 0 Å². The average molecular weight is 389 g/mol. The molecule has 0 fully saturated rings. The van der Waals surface area contributed by atoms with Crippen LogP contribution in [0.3, 0.4) is 0 Å². The fourth-order valence-corrected chi connectivity index (χ4v) is 3.66. The highest BCUT2D eigenvalue weighted by Crippen LogP contribution is 2.25. The molecule has 0 bridgehead atoms. The third-order valence-electron chi connectivity index (χ3n) is 3.42. The number of hydrogen-bond donors (Lipinski definition) is 1. The Labute approximate surface area is 145 Å². The van der Waals surface area contributed by atoms with Crippen LogP contribution in [0.15, 0.2) is 57.7 Å². The van der Waals surface area contributed by atoms with E-state index in [-0.39, 0.29) is 0 Å². The molecule has 5 nitrogen and oxygen atoms in total. The maximum atomic E-state index is 5.31. The Morgan fingerprint density at radius 1 is 1.17 bits per heavy atom. The summed E-state index contributed by atoms with van der Waals surface area (Å²) in [5.74, 6) is 1.79. The molecule has 4 rings (SSSR count). The Hall–Kier alpha value is -1.96. The molecule has 116 valence electrons. The molecule has 0 saturated carbocycles. The minimum Gasteiger partial charge on any atom is -0.468 e. The van der Waals surface area contributed by atoms with Crippen molar-refractivity contribution in [2.75, 3.05) is 0 Å². The molecule has 3 aromatic heterocycles. The van der Waals surface area contributed by atoms with Gasteiger partial charge in [0.1, 0.15) is 5.76 Å². The van der Waals surface area contributed by atoms with Gasteiger partial charge in [0, 0.05) is 27.7 Å². The van der Waals surface area contributed by atoms with Crippen LogP contribution in [0.2, 0.25) is 0 Å². The minimum absolute atomic E-state index is 0.712. The average Bonchev–Trinajstić information content (AvgIpc) is 3.23. The lowest BCUT2D eigenvalue weighted by molar-refractivity contribution is 0.483. The van der Waals surface area contributed by atoms with Crippen molar-refractivity contribution in [3.05, 3.63) is 64.0 Å². The number of nitrogens with one attached hydrogen (secondary N) is 1. The summed E-state index contributed by atoms with van der Waals surface area (Å²) in [5.41, 5.74) is 1.04. The van der Waals surface area contributed by atoms with E-state index in [4.69, 9.17) is 4.42 Å². The van der Waals surface area contributed by atoms with E-state index in [2.05, 4.69) is 37.6 Å². The first kappa shape index (κ1) is 14.6. The quantitative estimate of drug-likeness (QED) is 0.558. The van der Waals surface area contributed by atoms with Gasteiger partial charge in [0.05, 0.1) is 12.8 Å². The number of aromatic nitrogens is 3. The molecule has 0 saturated heterocycles. The summed E-state index contributed by atoms with van der Waals surface area (Å²) in [6, 6.07) is 11.9. The molecule has 0 amide bonds. The zero-order chi connectivity index (χ0) is 15.6. The fraction of sp³-hybridized carbons (Fsp3) is 0.125. The summed E-state index contributed by atoms with van der Waals surface area (Å²) in [4.78, 5) is 2.10. The molecule has 23 heavy (non-hydrogen) atoms. The van der Waals surface area contributed by atoms with Crippen LogP contribution in [-0.4, -0.2) is 14.6 Å². The molecule has 0 spiro atoms. The zero-order valence-electron chi connectivity index (χ0n) is 12.1. The SMILES string of the molecule is Brc1cccc(-c2nnc3sc(CNCc4ccco4)cn23)c1. The smallest absolute Gasteiger partial charge is 0.216 e. The minimum atomic E-state index is 0.712. The van der Waals surface area contributed by atoms with Crippen molar-refractivity contribution in [2.24, 2.45) is 0 Å². The third-order valence-corrected chi connectivity index (χ3v) is 4.89. The lowest BCUT2D eigenvalue weighted by atomic mass is 10.2. The van der Waals surface area contributed by atoms with Crippen molar-refractivity contribution < 1.29 is 4.42 Å². The predicted octanol–water partition coefficient (Wildman–Crippen LogP) is 4.10. The Bertz CT molecular complexity index is 929. The van der Waals surface area contributed by atoms with Gasteiger partial charge >= 0.3 is 0 Å². The monoisotopic (exact) mass is 388 g/mol. The van der Waals surface area contributed by atoms with Crippen LogP contribution in [0, 0.1) is 0 Å². The number of fused-ring (bicyclic) bond motifs is 1. The molecule has 0 atom stereocenters. The van der Waals surface area contributed by atoms with E-state index in [1.165, 1.54) is 4.88 Å². The van der Waals surface area contributed by atoms with Gasteiger partial charge in [-0.05, 0) is 24.3 Å². The van der Waals surface area contributed by atoms with Crippen LogP contribution >= 0.6 is 27.3 Å². The van der Waals surface area contributed by atoms with Crippen molar-refractivity contribution >= 4 is 32.2 Å². The van der Waals surface area contributed by atoms with E-state index in [1.807, 2.05) is 40.8 Å². The number of nitrogens with zero attached hydrogens (tertiary/aromatic N) is 3. The van der Waals surface area contributed by atoms with Crippen LogP contribution in [-0.2, 0) is 13.1 Å². The molecule has 0 unspecified atom stereocenters. The first-order valence-electron chi connectivity index (χ1n) is 7.12. The second kappa shape index (κ2) is 6.27. The van der Waals surface area contributed by atoms with E-state index < -0.39 is 0 Å². The van der Waals surface area contributed by atoms with Crippen molar-refractivity contribution in [3.63, 3.8) is 0 Å². The Kier molecular flexibility index (Phi) is 3.99. The van der Waals surface area contributed by atoms with Gasteiger partial charge in [-0.3, -0.25) is 4.40 Å². The van der Waals surface area contributed by atoms with Crippen LogP contribution in [0.1, 0.15) is 10.6 Å². The molecule has 1 aromatic carbocycles. The number of rotatable bonds is 5. The molecule has 1 N–H and O–H groups in total. The van der Waals surface area contributed by atoms with Gasteiger partial charge in [0.2, 0.25) is 4.96 Å². The maximum absolute atomic E-state index is 5.31. The van der Waals surface area contributed by atoms with E-state index >= 15 is 0 Å². The largest absolute Gasteiger partial charge is 0.468 e. The van der Waals surface area contributed by atoms with Crippen molar-refractivity contribution in [1.29, 1.82) is 0 Å². The molecule has 3 heterocycles. The third kappa shape index (κ3) is 3.08. The molecular formula is C16H13BrN4OS. The van der Waals surface area contributed by atoms with E-state index in [9.17, 15) is 0 Å². The molecule has 0 aliphatic carbocycles. The molecular weight excluding hydrogens is 376 g/mol. The van der Waals surface area contributed by atoms with E-state index in [1.54, 1.807) is 17.6 Å². The number of furan rings is 1. The fourth-order valence-electron chi connectivity index (χ4n) is 2.38. The van der Waals surface area contributed by atoms with Gasteiger partial charge < -0.3 is 9.73 Å². The zero-order valence-corrected chi connectivity index (χ0v) is 14.5. The van der Waals surface area contributed by atoms with Crippen molar-refractivity contribution in [1.82, 2.24) is 19.9 Å². The summed E-state index contributed by atoms with van der Waals surface area (Å²) in [6.45, 7) is 1.48. The van der Waals surface area contributed by atoms with Gasteiger partial charge in [0.15, 0.2) is 5.82 Å². The van der Waals surface area contributed by atoms with Crippen LogP contribution in [0.4, 0.5) is 0 Å². The highest BCUT2D eigenvalue weighted by atomic mass is 79.9. The Morgan fingerprint density at radius 2 is 2.13 bits per heavy atom.